The summed E-state index contributed by atoms with van der Waals surface area (Å²) in [6, 6.07) is 25.8. The largest absolute Gasteiger partial charge is 0.454 e. The van der Waals surface area contributed by atoms with Crippen LogP contribution in [0.5, 0.6) is 17.2 Å². The minimum Gasteiger partial charge on any atom is -0.454 e. The summed E-state index contributed by atoms with van der Waals surface area (Å²) in [5.41, 5.74) is 3.33. The van der Waals surface area contributed by atoms with Gasteiger partial charge in [0.15, 0.2) is 23.0 Å². The number of amides is 2. The van der Waals surface area contributed by atoms with Crippen molar-refractivity contribution in [2.75, 3.05) is 11.7 Å². The zero-order valence-electron chi connectivity index (χ0n) is 20.7. The molecule has 1 N–H and O–H groups in total. The van der Waals surface area contributed by atoms with Crippen LogP contribution in [0.1, 0.15) is 27.0 Å². The average molecular weight is 523 g/mol. The minimum atomic E-state index is -0.364. The number of nitrogens with one attached hydrogen (secondary N) is 1. The lowest BCUT2D eigenvalue weighted by atomic mass is 10.1. The van der Waals surface area contributed by atoms with E-state index in [9.17, 15) is 14.0 Å². The number of hydrogen-bond donors (Lipinski definition) is 1. The van der Waals surface area contributed by atoms with Crippen molar-refractivity contribution in [1.29, 1.82) is 0 Å². The van der Waals surface area contributed by atoms with Gasteiger partial charge < -0.3 is 19.5 Å². The molecule has 0 bridgehead atoms. The zero-order chi connectivity index (χ0) is 26.8. The molecular weight excluding hydrogens is 499 g/mol. The van der Waals surface area contributed by atoms with Gasteiger partial charge in [0, 0.05) is 12.1 Å². The molecule has 4 aromatic carbocycles. The first-order valence-electron chi connectivity index (χ1n) is 12.4. The number of benzene rings is 4. The lowest BCUT2D eigenvalue weighted by Crippen LogP contribution is -2.36. The van der Waals surface area contributed by atoms with E-state index < -0.39 is 0 Å². The maximum absolute atomic E-state index is 13.8. The molecule has 0 aromatic heterocycles. The van der Waals surface area contributed by atoms with Crippen molar-refractivity contribution in [3.63, 3.8) is 0 Å². The van der Waals surface area contributed by atoms with Gasteiger partial charge in [-0.15, -0.1) is 0 Å². The van der Waals surface area contributed by atoms with Crippen LogP contribution < -0.4 is 24.4 Å². The van der Waals surface area contributed by atoms with Gasteiger partial charge in [-0.25, -0.2) is 4.39 Å². The predicted octanol–water partition coefficient (Wildman–Crippen LogP) is 5.45. The Hall–Kier alpha value is -5.11. The number of para-hydroxylation sites is 2. The summed E-state index contributed by atoms with van der Waals surface area (Å²) in [4.78, 5) is 27.7. The number of rotatable bonds is 6. The number of carbonyl (C=O) groups is 2. The van der Waals surface area contributed by atoms with Crippen LogP contribution in [0.25, 0.3) is 6.08 Å². The number of hydrogen-bond acceptors (Lipinski definition) is 5. The average Bonchev–Trinajstić information content (AvgIpc) is 3.42. The summed E-state index contributed by atoms with van der Waals surface area (Å²) in [6.45, 7) is 0.725. The van der Waals surface area contributed by atoms with E-state index in [4.69, 9.17) is 14.2 Å². The number of ether oxygens (including phenoxy) is 3. The Balaban J connectivity index is 1.17. The highest BCUT2D eigenvalue weighted by Gasteiger charge is 2.30. The van der Waals surface area contributed by atoms with Crippen LogP contribution in [-0.2, 0) is 17.9 Å². The number of fused-ring (bicyclic) bond motifs is 2. The van der Waals surface area contributed by atoms with Gasteiger partial charge in [0.05, 0.1) is 12.2 Å². The van der Waals surface area contributed by atoms with Crippen LogP contribution in [0.3, 0.4) is 0 Å². The molecule has 0 spiro atoms. The molecule has 6 rings (SSSR count). The molecule has 0 saturated carbocycles. The van der Waals surface area contributed by atoms with E-state index in [1.54, 1.807) is 59.5 Å². The van der Waals surface area contributed by atoms with Crippen LogP contribution in [0.2, 0.25) is 0 Å². The van der Waals surface area contributed by atoms with Gasteiger partial charge in [0.25, 0.3) is 11.8 Å². The summed E-state index contributed by atoms with van der Waals surface area (Å²) in [5.74, 6) is 1.07. The highest BCUT2D eigenvalue weighted by molar-refractivity contribution is 6.09. The SMILES string of the molecule is O=C(NCc1ccc2c(c1)OCO2)c1ccc(/C=C2\Oc3ccccc3N(Cc3cccc(F)c3)C2=O)cc1. The third-order valence-electron chi connectivity index (χ3n) is 6.42. The monoisotopic (exact) mass is 522 g/mol. The molecule has 2 heterocycles. The van der Waals surface area contributed by atoms with Crippen molar-refractivity contribution in [2.24, 2.45) is 0 Å². The van der Waals surface area contributed by atoms with E-state index in [1.165, 1.54) is 12.1 Å². The molecule has 0 unspecified atom stereocenters. The quantitative estimate of drug-likeness (QED) is 0.341. The first-order valence-corrected chi connectivity index (χ1v) is 12.4. The van der Waals surface area contributed by atoms with E-state index in [1.807, 2.05) is 30.3 Å². The Labute approximate surface area is 224 Å². The Morgan fingerprint density at radius 3 is 2.54 bits per heavy atom. The molecule has 39 heavy (non-hydrogen) atoms. The lowest BCUT2D eigenvalue weighted by Gasteiger charge is -2.30. The van der Waals surface area contributed by atoms with Crippen molar-refractivity contribution >= 4 is 23.6 Å². The van der Waals surface area contributed by atoms with Crippen LogP contribution in [0.4, 0.5) is 10.1 Å². The maximum atomic E-state index is 13.8. The lowest BCUT2D eigenvalue weighted by molar-refractivity contribution is -0.117. The summed E-state index contributed by atoms with van der Waals surface area (Å²) in [5, 5.41) is 2.90. The second-order valence-electron chi connectivity index (χ2n) is 9.09. The van der Waals surface area contributed by atoms with Gasteiger partial charge >= 0.3 is 0 Å². The summed E-state index contributed by atoms with van der Waals surface area (Å²) < 4.78 is 30.4. The molecule has 0 saturated heterocycles. The van der Waals surface area contributed by atoms with E-state index in [0.29, 0.717) is 46.2 Å². The highest BCUT2D eigenvalue weighted by atomic mass is 19.1. The Bertz CT molecular complexity index is 1600. The van der Waals surface area contributed by atoms with Crippen LogP contribution in [0, 0.1) is 5.82 Å². The molecule has 194 valence electrons. The molecular formula is C31H23FN2O5. The number of nitrogens with zero attached hydrogens (tertiary/aromatic N) is 1. The summed E-state index contributed by atoms with van der Waals surface area (Å²) in [6.07, 6.45) is 1.63. The predicted molar refractivity (Wildman–Crippen MR) is 143 cm³/mol. The molecule has 0 radical (unpaired) electrons. The molecule has 7 nitrogen and oxygen atoms in total. The third-order valence-corrected chi connectivity index (χ3v) is 6.42. The van der Waals surface area contributed by atoms with Crippen molar-refractivity contribution in [3.8, 4) is 17.2 Å². The first-order chi connectivity index (χ1) is 19.0. The number of carbonyl (C=O) groups excluding carboxylic acids is 2. The van der Waals surface area contributed by atoms with Gasteiger partial charge in [0.2, 0.25) is 6.79 Å². The zero-order valence-corrected chi connectivity index (χ0v) is 20.7. The molecule has 0 atom stereocenters. The molecule has 8 heteroatoms. The second-order valence-corrected chi connectivity index (χ2v) is 9.09. The van der Waals surface area contributed by atoms with Crippen molar-refractivity contribution in [3.05, 3.63) is 125 Å². The Morgan fingerprint density at radius 1 is 0.872 bits per heavy atom. The fraction of sp³-hybridized carbons (Fsp3) is 0.0968. The summed E-state index contributed by atoms with van der Waals surface area (Å²) in [7, 11) is 0. The second kappa shape index (κ2) is 10.3. The number of anilines is 1. The van der Waals surface area contributed by atoms with E-state index in [-0.39, 0.29) is 36.7 Å². The summed E-state index contributed by atoms with van der Waals surface area (Å²) >= 11 is 0. The van der Waals surface area contributed by atoms with Crippen molar-refractivity contribution in [1.82, 2.24) is 5.32 Å². The van der Waals surface area contributed by atoms with E-state index in [0.717, 1.165) is 5.56 Å². The van der Waals surface area contributed by atoms with Gasteiger partial charge in [-0.05, 0) is 71.3 Å². The fourth-order valence-corrected chi connectivity index (χ4v) is 4.45. The van der Waals surface area contributed by atoms with Gasteiger partial charge in [-0.2, -0.15) is 0 Å². The first kappa shape index (κ1) is 24.2. The van der Waals surface area contributed by atoms with Crippen molar-refractivity contribution in [2.45, 2.75) is 13.1 Å². The standard InChI is InChI=1S/C31H23FN2O5/c32-24-5-3-4-22(14-24)18-34-25-6-1-2-7-26(25)39-29(31(34)36)15-20-8-11-23(12-9-20)30(35)33-17-21-10-13-27-28(16-21)38-19-37-27/h1-16H,17-19H2,(H,33,35)/b29-15-. The normalized spacial score (nSPS) is 14.6. The van der Waals surface area contributed by atoms with E-state index in [2.05, 4.69) is 5.32 Å². The Kier molecular flexibility index (Phi) is 6.42. The smallest absolute Gasteiger partial charge is 0.294 e. The molecule has 2 aliphatic heterocycles. The van der Waals surface area contributed by atoms with Crippen LogP contribution in [0.15, 0.2) is 96.8 Å². The molecule has 0 fully saturated rings. The molecule has 2 aliphatic rings. The van der Waals surface area contributed by atoms with Gasteiger partial charge in [0.1, 0.15) is 5.82 Å². The fourth-order valence-electron chi connectivity index (χ4n) is 4.45. The van der Waals surface area contributed by atoms with Crippen LogP contribution in [-0.4, -0.2) is 18.6 Å². The maximum Gasteiger partial charge on any atom is 0.294 e. The van der Waals surface area contributed by atoms with Gasteiger partial charge in [-0.1, -0.05) is 42.5 Å². The Morgan fingerprint density at radius 2 is 1.69 bits per heavy atom. The van der Waals surface area contributed by atoms with Gasteiger partial charge in [-0.3, -0.25) is 14.5 Å². The van der Waals surface area contributed by atoms with Crippen molar-refractivity contribution < 1.29 is 28.2 Å². The van der Waals surface area contributed by atoms with Crippen LogP contribution >= 0.6 is 0 Å². The van der Waals surface area contributed by atoms with E-state index >= 15 is 0 Å². The number of halogens is 1. The minimum absolute atomic E-state index is 0.130. The molecule has 2 amide bonds. The molecule has 4 aromatic rings. The topological polar surface area (TPSA) is 77.1 Å². The third kappa shape index (κ3) is 5.17. The molecule has 0 aliphatic carbocycles. The highest BCUT2D eigenvalue weighted by Crippen LogP contribution is 2.36.